The van der Waals surface area contributed by atoms with Crippen LogP contribution < -0.4 is 10.9 Å². The molecule has 0 aliphatic heterocycles. The number of hydrogen-bond acceptors (Lipinski definition) is 2. The highest BCUT2D eigenvalue weighted by Crippen LogP contribution is 2.24. The Balaban J connectivity index is 0.00000112. The van der Waals surface area contributed by atoms with Gasteiger partial charge in [0.15, 0.2) is 0 Å². The number of terminal acetylenes is 1. The van der Waals surface area contributed by atoms with Gasteiger partial charge in [0, 0.05) is 5.39 Å². The summed E-state index contributed by atoms with van der Waals surface area (Å²) in [5.74, 6) is 3.31. The minimum atomic E-state index is 0. The van der Waals surface area contributed by atoms with Crippen LogP contribution in [0.4, 0.5) is 0 Å². The van der Waals surface area contributed by atoms with Crippen molar-refractivity contribution in [1.29, 1.82) is 0 Å². The Kier molecular flexibility index (Phi) is 3.73. The van der Waals surface area contributed by atoms with Gasteiger partial charge in [-0.05, 0) is 11.5 Å². The Morgan fingerprint density at radius 3 is 2.60 bits per heavy atom. The van der Waals surface area contributed by atoms with E-state index in [0.717, 1.165) is 11.1 Å². The molecule has 0 saturated heterocycles. The molecule has 0 aliphatic carbocycles. The second kappa shape index (κ2) is 5.04. The van der Waals surface area contributed by atoms with Crippen molar-refractivity contribution in [3.63, 3.8) is 0 Å². The highest BCUT2D eigenvalue weighted by molar-refractivity contribution is 5.88. The van der Waals surface area contributed by atoms with E-state index in [9.17, 15) is 0 Å². The van der Waals surface area contributed by atoms with E-state index in [0.29, 0.717) is 6.61 Å². The van der Waals surface area contributed by atoms with E-state index in [1.165, 1.54) is 5.39 Å². The van der Waals surface area contributed by atoms with Gasteiger partial charge in [-0.3, -0.25) is 0 Å². The fourth-order valence-corrected chi connectivity index (χ4v) is 1.44. The number of hydrogen-bond donors (Lipinski definition) is 1. The van der Waals surface area contributed by atoms with E-state index in [2.05, 4.69) is 18.1 Å². The second-order valence-electron chi connectivity index (χ2n) is 2.97. The third-order valence-electron chi connectivity index (χ3n) is 2.06. The monoisotopic (exact) mass is 199 g/mol. The first-order valence-corrected chi connectivity index (χ1v) is 4.46. The third-order valence-corrected chi connectivity index (χ3v) is 2.06. The average molecular weight is 199 g/mol. The number of fused-ring (bicyclic) bond motifs is 1. The summed E-state index contributed by atoms with van der Waals surface area (Å²) in [6.07, 6.45) is 5.15. The fourth-order valence-electron chi connectivity index (χ4n) is 1.44. The minimum Gasteiger partial charge on any atom is -0.480 e. The highest BCUT2D eigenvalue weighted by atomic mass is 16.5. The molecule has 0 saturated carbocycles. The van der Waals surface area contributed by atoms with Gasteiger partial charge in [0.1, 0.15) is 12.4 Å². The van der Waals surface area contributed by atoms with Crippen molar-refractivity contribution in [3.05, 3.63) is 42.5 Å². The molecular formula is C13H13NO. The maximum atomic E-state index is 5.43. The van der Waals surface area contributed by atoms with Crippen molar-refractivity contribution >= 4 is 10.8 Å². The van der Waals surface area contributed by atoms with Crippen LogP contribution in [0.15, 0.2) is 42.5 Å². The largest absolute Gasteiger partial charge is 0.480 e. The van der Waals surface area contributed by atoms with Crippen LogP contribution in [0.25, 0.3) is 10.8 Å². The lowest BCUT2D eigenvalue weighted by atomic mass is 10.1. The van der Waals surface area contributed by atoms with Crippen molar-refractivity contribution in [1.82, 2.24) is 6.15 Å². The van der Waals surface area contributed by atoms with Crippen molar-refractivity contribution in [3.8, 4) is 18.1 Å². The summed E-state index contributed by atoms with van der Waals surface area (Å²) in [7, 11) is 0. The summed E-state index contributed by atoms with van der Waals surface area (Å²) >= 11 is 0. The molecule has 2 aromatic rings. The Morgan fingerprint density at radius 1 is 1.07 bits per heavy atom. The van der Waals surface area contributed by atoms with Gasteiger partial charge in [-0.1, -0.05) is 42.3 Å². The zero-order valence-electron chi connectivity index (χ0n) is 8.44. The van der Waals surface area contributed by atoms with Crippen LogP contribution in [-0.2, 0) is 0 Å². The minimum absolute atomic E-state index is 0. The molecule has 0 spiro atoms. The molecule has 2 heteroatoms. The lowest BCUT2D eigenvalue weighted by Crippen LogP contribution is -1.93. The topological polar surface area (TPSA) is 44.2 Å². The van der Waals surface area contributed by atoms with Gasteiger partial charge in [0.2, 0.25) is 0 Å². The molecule has 2 nitrogen and oxygen atoms in total. The number of rotatable bonds is 2. The quantitative estimate of drug-likeness (QED) is 0.755. The standard InChI is InChI=1S/C13H10O.H3N/c1-2-10-14-13-9-5-7-11-6-3-4-8-12(11)13;/h1,3-9H,10H2;1H3. The first-order chi connectivity index (χ1) is 6.92. The molecule has 0 unspecified atom stereocenters. The van der Waals surface area contributed by atoms with Gasteiger partial charge < -0.3 is 10.9 Å². The third kappa shape index (κ3) is 2.28. The summed E-state index contributed by atoms with van der Waals surface area (Å²) in [5.41, 5.74) is 0. The summed E-state index contributed by atoms with van der Waals surface area (Å²) in [6.45, 7) is 0.313. The van der Waals surface area contributed by atoms with Gasteiger partial charge in [-0.2, -0.15) is 0 Å². The summed E-state index contributed by atoms with van der Waals surface area (Å²) in [5, 5.41) is 2.27. The van der Waals surface area contributed by atoms with Crippen LogP contribution >= 0.6 is 0 Å². The van der Waals surface area contributed by atoms with Crippen LogP contribution in [0.5, 0.6) is 5.75 Å². The summed E-state index contributed by atoms with van der Waals surface area (Å²) in [4.78, 5) is 0. The van der Waals surface area contributed by atoms with Gasteiger partial charge in [0.05, 0.1) is 0 Å². The van der Waals surface area contributed by atoms with E-state index in [1.54, 1.807) is 0 Å². The molecule has 0 aromatic heterocycles. The van der Waals surface area contributed by atoms with Gasteiger partial charge >= 0.3 is 0 Å². The van der Waals surface area contributed by atoms with E-state index >= 15 is 0 Å². The summed E-state index contributed by atoms with van der Waals surface area (Å²) < 4.78 is 5.43. The molecule has 2 aromatic carbocycles. The maximum Gasteiger partial charge on any atom is 0.148 e. The number of ether oxygens (including phenoxy) is 1. The first kappa shape index (κ1) is 11.1. The predicted octanol–water partition coefficient (Wildman–Crippen LogP) is 3.01. The number of benzene rings is 2. The first-order valence-electron chi connectivity index (χ1n) is 4.46. The summed E-state index contributed by atoms with van der Waals surface area (Å²) in [6, 6.07) is 14.0. The Bertz CT molecular complexity index is 480. The van der Waals surface area contributed by atoms with E-state index in [4.69, 9.17) is 11.2 Å². The maximum absolute atomic E-state index is 5.43. The van der Waals surface area contributed by atoms with Crippen molar-refractivity contribution < 1.29 is 4.74 Å². The zero-order chi connectivity index (χ0) is 9.80. The SMILES string of the molecule is C#CCOc1cccc2ccccc12.N. The average Bonchev–Trinajstić information content (AvgIpc) is 2.26. The van der Waals surface area contributed by atoms with Gasteiger partial charge in [-0.15, -0.1) is 6.42 Å². The Labute approximate surface area is 89.5 Å². The molecule has 3 N–H and O–H groups in total. The second-order valence-corrected chi connectivity index (χ2v) is 2.97. The van der Waals surface area contributed by atoms with Gasteiger partial charge in [-0.25, -0.2) is 0 Å². The molecule has 0 fully saturated rings. The molecule has 0 amide bonds. The molecular weight excluding hydrogens is 186 g/mol. The van der Waals surface area contributed by atoms with Crippen LogP contribution in [-0.4, -0.2) is 6.61 Å². The molecule has 15 heavy (non-hydrogen) atoms. The zero-order valence-corrected chi connectivity index (χ0v) is 8.44. The van der Waals surface area contributed by atoms with Crippen LogP contribution in [0, 0.1) is 12.3 Å². The van der Waals surface area contributed by atoms with Crippen molar-refractivity contribution in [2.75, 3.05) is 6.61 Å². The van der Waals surface area contributed by atoms with Crippen LogP contribution in [0.3, 0.4) is 0 Å². The van der Waals surface area contributed by atoms with E-state index in [1.807, 2.05) is 30.3 Å². The fraction of sp³-hybridized carbons (Fsp3) is 0.0769. The van der Waals surface area contributed by atoms with E-state index < -0.39 is 0 Å². The Hall–Kier alpha value is -1.98. The normalized spacial score (nSPS) is 9.00. The molecule has 0 radical (unpaired) electrons. The lowest BCUT2D eigenvalue weighted by molar-refractivity contribution is 0.375. The molecule has 0 bridgehead atoms. The molecule has 2 rings (SSSR count). The molecule has 0 heterocycles. The lowest BCUT2D eigenvalue weighted by Gasteiger charge is -2.05. The predicted molar refractivity (Wildman–Crippen MR) is 63.3 cm³/mol. The highest BCUT2D eigenvalue weighted by Gasteiger charge is 1.98. The van der Waals surface area contributed by atoms with Crippen molar-refractivity contribution in [2.45, 2.75) is 0 Å². The van der Waals surface area contributed by atoms with Crippen LogP contribution in [0.1, 0.15) is 0 Å². The van der Waals surface area contributed by atoms with E-state index in [-0.39, 0.29) is 6.15 Å². The Morgan fingerprint density at radius 2 is 1.80 bits per heavy atom. The smallest absolute Gasteiger partial charge is 0.148 e. The van der Waals surface area contributed by atoms with Crippen LogP contribution in [0.2, 0.25) is 0 Å². The van der Waals surface area contributed by atoms with Gasteiger partial charge in [0.25, 0.3) is 0 Å². The molecule has 76 valence electrons. The van der Waals surface area contributed by atoms with Crippen molar-refractivity contribution in [2.24, 2.45) is 0 Å². The molecule has 0 atom stereocenters. The molecule has 0 aliphatic rings.